The van der Waals surface area contributed by atoms with Gasteiger partial charge < -0.3 is 16.4 Å². The third-order valence-corrected chi connectivity index (χ3v) is 4.55. The maximum atomic E-state index is 12.6. The summed E-state index contributed by atoms with van der Waals surface area (Å²) in [4.78, 5) is 25.0. The molecule has 0 aliphatic heterocycles. The van der Waals surface area contributed by atoms with Crippen LogP contribution in [-0.2, 0) is 4.79 Å². The zero-order valence-electron chi connectivity index (χ0n) is 15.7. The number of nitrogens with one attached hydrogen (secondary N) is 2. The summed E-state index contributed by atoms with van der Waals surface area (Å²) in [5.74, 6) is -0.542. The first-order chi connectivity index (χ1) is 13.6. The van der Waals surface area contributed by atoms with E-state index in [1.54, 1.807) is 36.4 Å². The van der Waals surface area contributed by atoms with Crippen molar-refractivity contribution in [2.24, 2.45) is 0 Å². The van der Waals surface area contributed by atoms with Crippen LogP contribution in [0.3, 0.4) is 0 Å². The summed E-state index contributed by atoms with van der Waals surface area (Å²) in [6.07, 6.45) is 0.703. The van der Waals surface area contributed by atoms with Gasteiger partial charge in [0.1, 0.15) is 0 Å². The molecule has 3 rings (SSSR count). The lowest BCUT2D eigenvalue weighted by atomic mass is 9.95. The molecular weight excluding hydrogens is 350 g/mol. The van der Waals surface area contributed by atoms with E-state index in [2.05, 4.69) is 10.6 Å². The Morgan fingerprint density at radius 2 is 1.50 bits per heavy atom. The molecule has 5 heteroatoms. The number of carbonyl (C=O) groups excluding carboxylic acids is 2. The van der Waals surface area contributed by atoms with Crippen molar-refractivity contribution >= 4 is 28.9 Å². The molecule has 0 radical (unpaired) electrons. The second-order valence-corrected chi connectivity index (χ2v) is 6.48. The Balaban J connectivity index is 1.66. The molecular formula is C23H23N3O2. The van der Waals surface area contributed by atoms with Gasteiger partial charge >= 0.3 is 0 Å². The first kappa shape index (κ1) is 19.2. The molecule has 3 aromatic rings. The van der Waals surface area contributed by atoms with Crippen LogP contribution in [0.15, 0.2) is 78.9 Å². The summed E-state index contributed by atoms with van der Waals surface area (Å²) < 4.78 is 0. The van der Waals surface area contributed by atoms with Gasteiger partial charge in [-0.3, -0.25) is 9.59 Å². The smallest absolute Gasteiger partial charge is 0.255 e. The van der Waals surface area contributed by atoms with Crippen molar-refractivity contribution in [2.45, 2.75) is 19.3 Å². The van der Waals surface area contributed by atoms with Crippen LogP contribution in [0.2, 0.25) is 0 Å². The molecule has 0 fully saturated rings. The van der Waals surface area contributed by atoms with Crippen molar-refractivity contribution in [3.05, 3.63) is 90.0 Å². The topological polar surface area (TPSA) is 84.2 Å². The highest BCUT2D eigenvalue weighted by Gasteiger charge is 2.18. The summed E-state index contributed by atoms with van der Waals surface area (Å²) in [7, 11) is 0. The van der Waals surface area contributed by atoms with E-state index in [9.17, 15) is 9.59 Å². The first-order valence-electron chi connectivity index (χ1n) is 9.20. The normalized spacial score (nSPS) is 11.5. The van der Waals surface area contributed by atoms with Gasteiger partial charge in [0.15, 0.2) is 0 Å². The number of hydrogen-bond donors (Lipinski definition) is 3. The van der Waals surface area contributed by atoms with Crippen LogP contribution in [0.4, 0.5) is 17.1 Å². The van der Waals surface area contributed by atoms with E-state index in [-0.39, 0.29) is 17.7 Å². The lowest BCUT2D eigenvalue weighted by Gasteiger charge is -2.15. The van der Waals surface area contributed by atoms with Gasteiger partial charge in [0, 0.05) is 11.3 Å². The first-order valence-corrected chi connectivity index (χ1v) is 9.20. The van der Waals surface area contributed by atoms with Crippen LogP contribution in [0.1, 0.15) is 35.2 Å². The van der Waals surface area contributed by atoms with Gasteiger partial charge in [-0.25, -0.2) is 0 Å². The average molecular weight is 373 g/mol. The quantitative estimate of drug-likeness (QED) is 0.550. The molecule has 0 aromatic heterocycles. The molecule has 1 atom stereocenters. The van der Waals surface area contributed by atoms with E-state index in [1.165, 1.54) is 0 Å². The molecule has 0 saturated heterocycles. The molecule has 0 aliphatic carbocycles. The molecule has 1 unspecified atom stereocenters. The van der Waals surface area contributed by atoms with Crippen LogP contribution in [0.5, 0.6) is 0 Å². The minimum Gasteiger partial charge on any atom is -0.397 e. The highest BCUT2D eigenvalue weighted by Crippen LogP contribution is 2.22. The monoisotopic (exact) mass is 373 g/mol. The number of hydrogen-bond acceptors (Lipinski definition) is 3. The van der Waals surface area contributed by atoms with Gasteiger partial charge in [0.2, 0.25) is 5.91 Å². The number of rotatable bonds is 6. The second kappa shape index (κ2) is 8.86. The average Bonchev–Trinajstić information content (AvgIpc) is 2.71. The van der Waals surface area contributed by atoms with Crippen LogP contribution < -0.4 is 16.4 Å². The van der Waals surface area contributed by atoms with Crippen molar-refractivity contribution in [1.29, 1.82) is 0 Å². The Morgan fingerprint density at radius 3 is 2.14 bits per heavy atom. The van der Waals surface area contributed by atoms with Crippen LogP contribution in [-0.4, -0.2) is 11.8 Å². The van der Waals surface area contributed by atoms with E-state index in [1.807, 2.05) is 49.4 Å². The Morgan fingerprint density at radius 1 is 0.857 bits per heavy atom. The predicted molar refractivity (Wildman–Crippen MR) is 113 cm³/mol. The largest absolute Gasteiger partial charge is 0.397 e. The maximum Gasteiger partial charge on any atom is 0.255 e. The molecule has 4 N–H and O–H groups in total. The van der Waals surface area contributed by atoms with Crippen LogP contribution >= 0.6 is 0 Å². The Hall–Kier alpha value is -3.60. The lowest BCUT2D eigenvalue weighted by molar-refractivity contribution is -0.117. The number of para-hydroxylation sites is 2. The Labute approximate surface area is 164 Å². The minimum atomic E-state index is -0.258. The summed E-state index contributed by atoms with van der Waals surface area (Å²) >= 11 is 0. The zero-order chi connectivity index (χ0) is 19.9. The highest BCUT2D eigenvalue weighted by atomic mass is 16.2. The molecule has 28 heavy (non-hydrogen) atoms. The van der Waals surface area contributed by atoms with Crippen molar-refractivity contribution in [3.63, 3.8) is 0 Å². The Kier molecular flexibility index (Phi) is 6.07. The van der Waals surface area contributed by atoms with Gasteiger partial charge in [-0.15, -0.1) is 0 Å². The fourth-order valence-corrected chi connectivity index (χ4v) is 3.00. The molecule has 5 nitrogen and oxygen atoms in total. The highest BCUT2D eigenvalue weighted by molar-refractivity contribution is 6.06. The molecule has 0 aliphatic rings. The number of carbonyl (C=O) groups is 2. The third-order valence-electron chi connectivity index (χ3n) is 4.55. The van der Waals surface area contributed by atoms with Crippen molar-refractivity contribution in [1.82, 2.24) is 0 Å². The Bertz CT molecular complexity index is 953. The van der Waals surface area contributed by atoms with Gasteiger partial charge in [-0.2, -0.15) is 0 Å². The standard InChI is InChI=1S/C23H23N3O2/c1-2-19(16-8-4-3-5-9-16)23(28)25-18-14-12-17(13-15-18)22(27)26-21-11-7-6-10-20(21)24/h3-15,19H,2,24H2,1H3,(H,25,28)(H,26,27). The van der Waals surface area contributed by atoms with Gasteiger partial charge in [-0.1, -0.05) is 49.4 Å². The molecule has 0 bridgehead atoms. The number of nitrogens with two attached hydrogens (primary N) is 1. The molecule has 0 spiro atoms. The number of anilines is 3. The van der Waals surface area contributed by atoms with Crippen LogP contribution in [0, 0.1) is 0 Å². The molecule has 2 amide bonds. The molecule has 0 heterocycles. The summed E-state index contributed by atoms with van der Waals surface area (Å²) in [6, 6.07) is 23.6. The number of benzene rings is 3. The van der Waals surface area contributed by atoms with E-state index < -0.39 is 0 Å². The fraction of sp³-hybridized carbons (Fsp3) is 0.130. The summed E-state index contributed by atoms with van der Waals surface area (Å²) in [6.45, 7) is 1.99. The second-order valence-electron chi connectivity index (χ2n) is 6.48. The minimum absolute atomic E-state index is 0.0667. The number of nitrogen functional groups attached to an aromatic ring is 1. The van der Waals surface area contributed by atoms with Crippen molar-refractivity contribution in [2.75, 3.05) is 16.4 Å². The van der Waals surface area contributed by atoms with Crippen LogP contribution in [0.25, 0.3) is 0 Å². The SMILES string of the molecule is CCC(C(=O)Nc1ccc(C(=O)Nc2ccccc2N)cc1)c1ccccc1. The van der Waals surface area contributed by atoms with Crippen molar-refractivity contribution in [3.8, 4) is 0 Å². The fourth-order valence-electron chi connectivity index (χ4n) is 3.00. The van der Waals surface area contributed by atoms with Crippen molar-refractivity contribution < 1.29 is 9.59 Å². The zero-order valence-corrected chi connectivity index (χ0v) is 15.7. The molecule has 3 aromatic carbocycles. The third kappa shape index (κ3) is 4.57. The van der Waals surface area contributed by atoms with E-state index in [0.717, 1.165) is 5.56 Å². The summed E-state index contributed by atoms with van der Waals surface area (Å²) in [5, 5.41) is 5.71. The van der Waals surface area contributed by atoms with Gasteiger partial charge in [0.25, 0.3) is 5.91 Å². The van der Waals surface area contributed by atoms with Gasteiger partial charge in [0.05, 0.1) is 17.3 Å². The van der Waals surface area contributed by atoms with E-state index in [0.29, 0.717) is 29.0 Å². The van der Waals surface area contributed by atoms with E-state index in [4.69, 9.17) is 5.73 Å². The molecule has 0 saturated carbocycles. The van der Waals surface area contributed by atoms with E-state index >= 15 is 0 Å². The lowest BCUT2D eigenvalue weighted by Crippen LogP contribution is -2.20. The number of amides is 2. The maximum absolute atomic E-state index is 12.6. The predicted octanol–water partition coefficient (Wildman–Crippen LogP) is 4.65. The molecule has 142 valence electrons. The van der Waals surface area contributed by atoms with Gasteiger partial charge in [-0.05, 0) is 48.4 Å². The summed E-state index contributed by atoms with van der Waals surface area (Å²) in [5.41, 5.74) is 9.04.